The maximum Gasteiger partial charge on any atom is 0.267 e. The number of nitrogens with one attached hydrogen (secondary N) is 1. The van der Waals surface area contributed by atoms with Gasteiger partial charge in [0.1, 0.15) is 5.71 Å². The molecule has 2 heterocycles. The zero-order chi connectivity index (χ0) is 20.3. The van der Waals surface area contributed by atoms with E-state index in [1.807, 2.05) is 6.07 Å². The maximum absolute atomic E-state index is 12.5. The summed E-state index contributed by atoms with van der Waals surface area (Å²) in [5.74, 6) is 0.450. The average molecular weight is 409 g/mol. The van der Waals surface area contributed by atoms with E-state index in [-0.39, 0.29) is 48.4 Å². The fraction of sp³-hybridized carbons (Fsp3) is 0.500. The third-order valence-corrected chi connectivity index (χ3v) is 6.53. The number of amides is 2. The summed E-state index contributed by atoms with van der Waals surface area (Å²) in [6.07, 6.45) is 0.712. The van der Waals surface area contributed by atoms with Crippen LogP contribution in [0.4, 0.5) is 0 Å². The number of methoxy groups -OCH3 is 2. The molecule has 2 amide bonds. The number of hydrogen-bond donors (Lipinski definition) is 1. The molecule has 1 saturated heterocycles. The average Bonchev–Trinajstić information content (AvgIpc) is 3.05. The van der Waals surface area contributed by atoms with Crippen molar-refractivity contribution in [2.45, 2.75) is 31.8 Å². The predicted octanol–water partition coefficient (Wildman–Crippen LogP) is 0.486. The van der Waals surface area contributed by atoms with Crippen molar-refractivity contribution in [2.75, 3.05) is 25.7 Å². The molecule has 1 aromatic rings. The molecule has 10 heteroatoms. The first-order valence-electron chi connectivity index (χ1n) is 8.92. The third kappa shape index (κ3) is 4.44. The van der Waals surface area contributed by atoms with Crippen LogP contribution in [-0.2, 0) is 26.0 Å². The van der Waals surface area contributed by atoms with Crippen LogP contribution < -0.4 is 14.8 Å². The molecule has 0 saturated carbocycles. The SMILES string of the molecule is COc1ccc(CNC(=O)C2=NN([C@@H]3CCS(=O)(=O)C3)C(=O)CC2)cc1OC. The molecule has 0 unspecified atom stereocenters. The summed E-state index contributed by atoms with van der Waals surface area (Å²) in [6.45, 7) is 0.254. The van der Waals surface area contributed by atoms with Crippen molar-refractivity contribution in [3.8, 4) is 11.5 Å². The zero-order valence-corrected chi connectivity index (χ0v) is 16.6. The minimum absolute atomic E-state index is 0.0395. The molecule has 2 aliphatic heterocycles. The van der Waals surface area contributed by atoms with Gasteiger partial charge in [0.15, 0.2) is 21.3 Å². The Bertz CT molecular complexity index is 912. The largest absolute Gasteiger partial charge is 0.493 e. The summed E-state index contributed by atoms with van der Waals surface area (Å²) in [5, 5.41) is 8.12. The van der Waals surface area contributed by atoms with Gasteiger partial charge in [-0.1, -0.05) is 6.07 Å². The lowest BCUT2D eigenvalue weighted by molar-refractivity contribution is -0.133. The number of hydrogen-bond acceptors (Lipinski definition) is 7. The first kappa shape index (κ1) is 20.1. The predicted molar refractivity (Wildman–Crippen MR) is 102 cm³/mol. The lowest BCUT2D eigenvalue weighted by Crippen LogP contribution is -2.43. The summed E-state index contributed by atoms with van der Waals surface area (Å²) in [6, 6.07) is 4.83. The summed E-state index contributed by atoms with van der Waals surface area (Å²) in [7, 11) is -0.0721. The molecule has 9 nitrogen and oxygen atoms in total. The topological polar surface area (TPSA) is 114 Å². The maximum atomic E-state index is 12.5. The smallest absolute Gasteiger partial charge is 0.267 e. The van der Waals surface area contributed by atoms with E-state index in [2.05, 4.69) is 10.4 Å². The Morgan fingerprint density at radius 3 is 2.64 bits per heavy atom. The first-order valence-corrected chi connectivity index (χ1v) is 10.7. The fourth-order valence-corrected chi connectivity index (χ4v) is 4.96. The summed E-state index contributed by atoms with van der Waals surface area (Å²) in [5.41, 5.74) is 1.04. The van der Waals surface area contributed by atoms with Gasteiger partial charge in [0.2, 0.25) is 5.91 Å². The van der Waals surface area contributed by atoms with Gasteiger partial charge < -0.3 is 14.8 Å². The van der Waals surface area contributed by atoms with E-state index in [0.29, 0.717) is 17.9 Å². The van der Waals surface area contributed by atoms with E-state index < -0.39 is 15.9 Å². The Hall–Kier alpha value is -2.62. The molecule has 3 rings (SSSR count). The zero-order valence-electron chi connectivity index (χ0n) is 15.8. The molecule has 2 aliphatic rings. The Morgan fingerprint density at radius 2 is 2.00 bits per heavy atom. The van der Waals surface area contributed by atoms with Crippen LogP contribution in [0.2, 0.25) is 0 Å². The van der Waals surface area contributed by atoms with Crippen molar-refractivity contribution in [1.29, 1.82) is 0 Å². The van der Waals surface area contributed by atoms with E-state index >= 15 is 0 Å². The summed E-state index contributed by atoms with van der Waals surface area (Å²) in [4.78, 5) is 24.6. The number of carbonyl (C=O) groups excluding carboxylic acids is 2. The standard InChI is InChI=1S/C18H23N3O6S/c1-26-15-5-3-12(9-16(15)27-2)10-19-18(23)14-4-6-17(22)21(20-14)13-7-8-28(24,25)11-13/h3,5,9,13H,4,6-8,10-11H2,1-2H3,(H,19,23)/t13-/m1/s1. The first-order chi connectivity index (χ1) is 13.3. The van der Waals surface area contributed by atoms with Crippen molar-refractivity contribution in [2.24, 2.45) is 5.10 Å². The van der Waals surface area contributed by atoms with E-state index in [0.717, 1.165) is 5.56 Å². The van der Waals surface area contributed by atoms with Gasteiger partial charge in [-0.3, -0.25) is 9.59 Å². The van der Waals surface area contributed by atoms with Crippen LogP contribution in [0.25, 0.3) is 0 Å². The molecule has 1 N–H and O–H groups in total. The van der Waals surface area contributed by atoms with Gasteiger partial charge in [0, 0.05) is 19.4 Å². The van der Waals surface area contributed by atoms with Gasteiger partial charge in [-0.15, -0.1) is 0 Å². The normalized spacial score (nSPS) is 21.2. The van der Waals surface area contributed by atoms with Crippen LogP contribution in [-0.4, -0.2) is 62.7 Å². The Balaban J connectivity index is 1.67. The molecule has 28 heavy (non-hydrogen) atoms. The van der Waals surface area contributed by atoms with Crippen LogP contribution in [0, 0.1) is 0 Å². The molecular weight excluding hydrogens is 386 g/mol. The monoisotopic (exact) mass is 409 g/mol. The van der Waals surface area contributed by atoms with Crippen molar-refractivity contribution >= 4 is 27.4 Å². The quantitative estimate of drug-likeness (QED) is 0.731. The number of benzene rings is 1. The third-order valence-electron chi connectivity index (χ3n) is 4.78. The second kappa shape index (κ2) is 8.17. The number of nitrogens with zero attached hydrogens (tertiary/aromatic N) is 2. The minimum Gasteiger partial charge on any atom is -0.493 e. The lowest BCUT2D eigenvalue weighted by Gasteiger charge is -2.27. The van der Waals surface area contributed by atoms with Crippen molar-refractivity contribution in [1.82, 2.24) is 10.3 Å². The number of sulfone groups is 1. The highest BCUT2D eigenvalue weighted by Crippen LogP contribution is 2.27. The molecule has 152 valence electrons. The molecule has 0 radical (unpaired) electrons. The van der Waals surface area contributed by atoms with Gasteiger partial charge >= 0.3 is 0 Å². The highest BCUT2D eigenvalue weighted by molar-refractivity contribution is 7.91. The molecule has 0 bridgehead atoms. The molecule has 1 fully saturated rings. The van der Waals surface area contributed by atoms with Crippen LogP contribution in [0.1, 0.15) is 24.8 Å². The van der Waals surface area contributed by atoms with E-state index in [4.69, 9.17) is 9.47 Å². The summed E-state index contributed by atoms with van der Waals surface area (Å²) >= 11 is 0. The van der Waals surface area contributed by atoms with E-state index in [1.54, 1.807) is 19.2 Å². The Morgan fingerprint density at radius 1 is 1.25 bits per heavy atom. The van der Waals surface area contributed by atoms with Gasteiger partial charge in [-0.2, -0.15) is 5.10 Å². The molecule has 1 atom stereocenters. The van der Waals surface area contributed by atoms with Crippen LogP contribution in [0.15, 0.2) is 23.3 Å². The number of carbonyl (C=O) groups is 2. The molecule has 0 spiro atoms. The van der Waals surface area contributed by atoms with Gasteiger partial charge in [0.05, 0.1) is 31.8 Å². The lowest BCUT2D eigenvalue weighted by atomic mass is 10.1. The van der Waals surface area contributed by atoms with Gasteiger partial charge in [0.25, 0.3) is 5.91 Å². The second-order valence-corrected chi connectivity index (χ2v) is 8.94. The highest BCUT2D eigenvalue weighted by atomic mass is 32.2. The fourth-order valence-electron chi connectivity index (χ4n) is 3.26. The number of hydrazone groups is 1. The Kier molecular flexibility index (Phi) is 5.87. The molecular formula is C18H23N3O6S. The van der Waals surface area contributed by atoms with Gasteiger partial charge in [-0.25, -0.2) is 13.4 Å². The van der Waals surface area contributed by atoms with Gasteiger partial charge in [-0.05, 0) is 24.1 Å². The van der Waals surface area contributed by atoms with E-state index in [1.165, 1.54) is 12.1 Å². The van der Waals surface area contributed by atoms with Crippen LogP contribution in [0.5, 0.6) is 11.5 Å². The molecule has 1 aromatic carbocycles. The molecule has 0 aliphatic carbocycles. The second-order valence-electron chi connectivity index (χ2n) is 6.71. The summed E-state index contributed by atoms with van der Waals surface area (Å²) < 4.78 is 33.8. The minimum atomic E-state index is -3.15. The van der Waals surface area contributed by atoms with E-state index in [9.17, 15) is 18.0 Å². The van der Waals surface area contributed by atoms with Crippen molar-refractivity contribution in [3.05, 3.63) is 23.8 Å². The highest BCUT2D eigenvalue weighted by Gasteiger charge is 2.37. The number of ether oxygens (including phenoxy) is 2. The van der Waals surface area contributed by atoms with Crippen molar-refractivity contribution in [3.63, 3.8) is 0 Å². The van der Waals surface area contributed by atoms with Crippen molar-refractivity contribution < 1.29 is 27.5 Å². The van der Waals surface area contributed by atoms with Crippen LogP contribution in [0.3, 0.4) is 0 Å². The van der Waals surface area contributed by atoms with Crippen LogP contribution >= 0.6 is 0 Å². The Labute approximate surface area is 163 Å². The number of rotatable bonds is 6. The molecule has 0 aromatic heterocycles.